The van der Waals surface area contributed by atoms with Crippen LogP contribution in [0.5, 0.6) is 0 Å². The van der Waals surface area contributed by atoms with Crippen LogP contribution in [0.25, 0.3) is 0 Å². The summed E-state index contributed by atoms with van der Waals surface area (Å²) < 4.78 is 0. The van der Waals surface area contributed by atoms with Gasteiger partial charge in [-0.25, -0.2) is 0 Å². The van der Waals surface area contributed by atoms with Crippen LogP contribution < -0.4 is 5.32 Å². The molecule has 1 aromatic carbocycles. The van der Waals surface area contributed by atoms with E-state index in [1.165, 1.54) is 5.56 Å². The minimum Gasteiger partial charge on any atom is -0.481 e. The molecule has 3 rings (SSSR count). The Morgan fingerprint density at radius 1 is 1.30 bits per heavy atom. The van der Waals surface area contributed by atoms with Crippen LogP contribution >= 0.6 is 11.3 Å². The first-order chi connectivity index (χ1) is 13.1. The third-order valence-corrected chi connectivity index (χ3v) is 6.08. The van der Waals surface area contributed by atoms with Crippen molar-refractivity contribution < 1.29 is 14.7 Å². The molecule has 1 fully saturated rings. The number of thiophene rings is 1. The minimum absolute atomic E-state index is 0.0585. The molecule has 144 valence electrons. The third kappa shape index (κ3) is 4.76. The molecular weight excluding hydrogens is 360 g/mol. The van der Waals surface area contributed by atoms with Crippen LogP contribution in [0.15, 0.2) is 40.9 Å². The Morgan fingerprint density at radius 3 is 2.81 bits per heavy atom. The Labute approximate surface area is 164 Å². The van der Waals surface area contributed by atoms with Crippen molar-refractivity contribution in [3.8, 4) is 0 Å². The number of rotatable bonds is 7. The predicted molar refractivity (Wildman–Crippen MR) is 109 cm³/mol. The number of hydrogen-bond acceptors (Lipinski definition) is 5. The van der Waals surface area contributed by atoms with E-state index in [0.29, 0.717) is 13.0 Å². The van der Waals surface area contributed by atoms with Gasteiger partial charge in [-0.1, -0.05) is 29.4 Å². The van der Waals surface area contributed by atoms with Gasteiger partial charge < -0.3 is 15.3 Å². The fraction of sp³-hybridized carbons (Fsp3) is 0.429. The highest BCUT2D eigenvalue weighted by molar-refractivity contribution is 7.12. The highest BCUT2D eigenvalue weighted by Gasteiger charge is 2.30. The van der Waals surface area contributed by atoms with Gasteiger partial charge in [0, 0.05) is 18.0 Å². The molecule has 27 heavy (non-hydrogen) atoms. The SMILES string of the molecule is Cc1ccccc1C(=NOCCC1NCCCC1C(=O)O)c1sccc1C. The van der Waals surface area contributed by atoms with Crippen LogP contribution in [-0.4, -0.2) is 36.0 Å². The van der Waals surface area contributed by atoms with Crippen molar-refractivity contribution in [1.82, 2.24) is 5.32 Å². The molecule has 1 aliphatic heterocycles. The van der Waals surface area contributed by atoms with E-state index in [2.05, 4.69) is 47.9 Å². The molecular formula is C21H26N2O3S. The van der Waals surface area contributed by atoms with Gasteiger partial charge in [-0.2, -0.15) is 0 Å². The van der Waals surface area contributed by atoms with E-state index >= 15 is 0 Å². The van der Waals surface area contributed by atoms with E-state index in [9.17, 15) is 9.90 Å². The average Bonchev–Trinajstić information content (AvgIpc) is 3.08. The molecule has 0 bridgehead atoms. The lowest BCUT2D eigenvalue weighted by atomic mass is 9.89. The number of piperidine rings is 1. The fourth-order valence-corrected chi connectivity index (χ4v) is 4.43. The number of oxime groups is 1. The second-order valence-corrected chi connectivity index (χ2v) is 7.87. The molecule has 0 aliphatic carbocycles. The maximum Gasteiger partial charge on any atom is 0.308 e. The number of benzene rings is 1. The van der Waals surface area contributed by atoms with Gasteiger partial charge in [-0.05, 0) is 55.8 Å². The van der Waals surface area contributed by atoms with Crippen LogP contribution in [0.3, 0.4) is 0 Å². The van der Waals surface area contributed by atoms with E-state index in [4.69, 9.17) is 4.84 Å². The molecule has 1 aromatic heterocycles. The summed E-state index contributed by atoms with van der Waals surface area (Å²) in [5.74, 6) is -1.08. The normalized spacial score (nSPS) is 20.4. The second-order valence-electron chi connectivity index (χ2n) is 6.96. The van der Waals surface area contributed by atoms with Gasteiger partial charge in [0.2, 0.25) is 0 Å². The Morgan fingerprint density at radius 2 is 2.11 bits per heavy atom. The van der Waals surface area contributed by atoms with E-state index in [1.54, 1.807) is 11.3 Å². The fourth-order valence-electron chi connectivity index (χ4n) is 3.51. The van der Waals surface area contributed by atoms with E-state index in [1.807, 2.05) is 12.1 Å². The molecule has 0 spiro atoms. The largest absolute Gasteiger partial charge is 0.481 e. The number of carbonyl (C=O) groups is 1. The van der Waals surface area contributed by atoms with Crippen molar-refractivity contribution in [2.75, 3.05) is 13.2 Å². The predicted octanol–water partition coefficient (Wildman–Crippen LogP) is 3.98. The Hall–Kier alpha value is -2.18. The first-order valence-electron chi connectivity index (χ1n) is 9.34. The highest BCUT2D eigenvalue weighted by Crippen LogP contribution is 2.23. The molecule has 1 aliphatic rings. The summed E-state index contributed by atoms with van der Waals surface area (Å²) in [6, 6.07) is 10.2. The standard InChI is InChI=1S/C21H26N2O3S/c1-14-6-3-4-7-16(14)19(20-15(2)10-13-27-20)23-26-12-9-18-17(21(24)25)8-5-11-22-18/h3-4,6-7,10,13,17-18,22H,5,8-9,11-12H2,1-2H3,(H,24,25). The maximum absolute atomic E-state index is 11.4. The zero-order valence-corrected chi connectivity index (χ0v) is 16.6. The molecule has 6 heteroatoms. The summed E-state index contributed by atoms with van der Waals surface area (Å²) in [6.07, 6.45) is 2.26. The zero-order valence-electron chi connectivity index (χ0n) is 15.8. The van der Waals surface area contributed by atoms with E-state index < -0.39 is 5.97 Å². The number of aliphatic carboxylic acids is 1. The Kier molecular flexibility index (Phi) is 6.63. The number of nitrogens with one attached hydrogen (secondary N) is 1. The van der Waals surface area contributed by atoms with Gasteiger partial charge in [-0.15, -0.1) is 11.3 Å². The first-order valence-corrected chi connectivity index (χ1v) is 10.2. The number of aryl methyl sites for hydroxylation is 2. The van der Waals surface area contributed by atoms with E-state index in [-0.39, 0.29) is 12.0 Å². The minimum atomic E-state index is -0.731. The number of hydrogen-bond donors (Lipinski definition) is 2. The van der Waals surface area contributed by atoms with Crippen LogP contribution in [0.4, 0.5) is 0 Å². The van der Waals surface area contributed by atoms with Gasteiger partial charge >= 0.3 is 5.97 Å². The van der Waals surface area contributed by atoms with Crippen molar-refractivity contribution in [2.45, 2.75) is 39.2 Å². The number of carboxylic acids is 1. The third-order valence-electron chi connectivity index (χ3n) is 5.05. The van der Waals surface area contributed by atoms with Gasteiger partial charge in [-0.3, -0.25) is 4.79 Å². The molecule has 0 saturated carbocycles. The van der Waals surface area contributed by atoms with Crippen molar-refractivity contribution in [3.63, 3.8) is 0 Å². The molecule has 0 amide bonds. The molecule has 0 radical (unpaired) electrons. The van der Waals surface area contributed by atoms with Gasteiger partial charge in [0.1, 0.15) is 12.3 Å². The van der Waals surface area contributed by atoms with Gasteiger partial charge in [0.15, 0.2) is 0 Å². The zero-order chi connectivity index (χ0) is 19.2. The van der Waals surface area contributed by atoms with Crippen molar-refractivity contribution in [1.29, 1.82) is 0 Å². The summed E-state index contributed by atoms with van der Waals surface area (Å²) in [6.45, 7) is 5.39. The summed E-state index contributed by atoms with van der Waals surface area (Å²) >= 11 is 1.65. The second kappa shape index (κ2) is 9.15. The van der Waals surface area contributed by atoms with Crippen molar-refractivity contribution >= 4 is 23.0 Å². The lowest BCUT2D eigenvalue weighted by molar-refractivity contribution is -0.143. The molecule has 2 aromatic rings. The van der Waals surface area contributed by atoms with Crippen LogP contribution in [0.2, 0.25) is 0 Å². The summed E-state index contributed by atoms with van der Waals surface area (Å²) in [4.78, 5) is 18.2. The van der Waals surface area contributed by atoms with Gasteiger partial charge in [0.05, 0.1) is 10.8 Å². The Bertz CT molecular complexity index is 815. The lowest BCUT2D eigenvalue weighted by Crippen LogP contribution is -2.45. The van der Waals surface area contributed by atoms with Crippen LogP contribution in [-0.2, 0) is 9.63 Å². The molecule has 2 N–H and O–H groups in total. The van der Waals surface area contributed by atoms with E-state index in [0.717, 1.165) is 41.1 Å². The van der Waals surface area contributed by atoms with Crippen molar-refractivity contribution in [3.05, 3.63) is 57.3 Å². The smallest absolute Gasteiger partial charge is 0.308 e. The quantitative estimate of drug-likeness (QED) is 0.429. The molecule has 2 unspecified atom stereocenters. The number of nitrogens with zero attached hydrogens (tertiary/aromatic N) is 1. The molecule has 2 heterocycles. The van der Waals surface area contributed by atoms with Crippen molar-refractivity contribution in [2.24, 2.45) is 11.1 Å². The molecule has 2 atom stereocenters. The maximum atomic E-state index is 11.4. The molecule has 1 saturated heterocycles. The average molecular weight is 387 g/mol. The summed E-state index contributed by atoms with van der Waals surface area (Å²) in [5, 5.41) is 19.2. The van der Waals surface area contributed by atoms with Gasteiger partial charge in [0.25, 0.3) is 0 Å². The van der Waals surface area contributed by atoms with Crippen LogP contribution in [0.1, 0.15) is 40.8 Å². The lowest BCUT2D eigenvalue weighted by Gasteiger charge is -2.29. The van der Waals surface area contributed by atoms with Crippen LogP contribution in [0, 0.1) is 19.8 Å². The highest BCUT2D eigenvalue weighted by atomic mass is 32.1. The number of carboxylic acid groups (broad SMARTS) is 1. The summed E-state index contributed by atoms with van der Waals surface area (Å²) in [5.41, 5.74) is 4.22. The first kappa shape index (κ1) is 19.6. The monoisotopic (exact) mass is 386 g/mol. The molecule has 5 nitrogen and oxygen atoms in total. The topological polar surface area (TPSA) is 70.9 Å². The Balaban J connectivity index is 1.72. The summed E-state index contributed by atoms with van der Waals surface area (Å²) in [7, 11) is 0.